The van der Waals surface area contributed by atoms with Crippen molar-refractivity contribution in [2.75, 3.05) is 13.7 Å². The molecule has 0 saturated heterocycles. The van der Waals surface area contributed by atoms with Crippen LogP contribution in [-0.2, 0) is 9.59 Å². The van der Waals surface area contributed by atoms with Crippen molar-refractivity contribution in [3.63, 3.8) is 0 Å². The summed E-state index contributed by atoms with van der Waals surface area (Å²) in [5.41, 5.74) is 1.08. The van der Waals surface area contributed by atoms with Crippen LogP contribution in [0, 0.1) is 0 Å². The van der Waals surface area contributed by atoms with Gasteiger partial charge in [-0.2, -0.15) is 0 Å². The van der Waals surface area contributed by atoms with Crippen LogP contribution in [0.2, 0.25) is 0 Å². The number of rotatable bonds is 8. The number of hydrogen-bond donors (Lipinski definition) is 1. The summed E-state index contributed by atoms with van der Waals surface area (Å²) in [6, 6.07) is 9.79. The lowest BCUT2D eigenvalue weighted by atomic mass is 10.1. The first-order valence-corrected chi connectivity index (χ1v) is 9.02. The largest absolute Gasteiger partial charge is 0.496 e. The van der Waals surface area contributed by atoms with E-state index in [1.807, 2.05) is 6.92 Å². The van der Waals surface area contributed by atoms with E-state index >= 15 is 0 Å². The molecule has 0 fully saturated rings. The van der Waals surface area contributed by atoms with Crippen LogP contribution in [0.4, 0.5) is 0 Å². The fraction of sp³-hybridized carbons (Fsp3) is 0.273. The Morgan fingerprint density at radius 1 is 1.00 bits per heavy atom. The quantitative estimate of drug-likeness (QED) is 0.534. The predicted molar refractivity (Wildman–Crippen MR) is 107 cm³/mol. The van der Waals surface area contributed by atoms with E-state index in [4.69, 9.17) is 18.9 Å². The topological polar surface area (TPSA) is 91.3 Å². The minimum atomic E-state index is -0.973. The van der Waals surface area contributed by atoms with E-state index in [0.29, 0.717) is 29.2 Å². The fourth-order valence-corrected chi connectivity index (χ4v) is 2.62. The van der Waals surface area contributed by atoms with Crippen molar-refractivity contribution in [2.45, 2.75) is 26.9 Å². The average Bonchev–Trinajstić information content (AvgIpc) is 2.66. The highest BCUT2D eigenvalue weighted by atomic mass is 16.5. The van der Waals surface area contributed by atoms with Crippen LogP contribution in [0.5, 0.6) is 23.0 Å². The Bertz CT molecular complexity index is 902. The maximum Gasteiger partial charge on any atom is 0.308 e. The van der Waals surface area contributed by atoms with Crippen LogP contribution >= 0.6 is 0 Å². The maximum absolute atomic E-state index is 11.4. The van der Waals surface area contributed by atoms with Gasteiger partial charge in [0.2, 0.25) is 0 Å². The van der Waals surface area contributed by atoms with Gasteiger partial charge in [0.1, 0.15) is 29.1 Å². The number of aliphatic hydroxyl groups is 1. The molecule has 0 aliphatic carbocycles. The molecule has 7 heteroatoms. The standard InChI is InChI=1S/C22H24O7/c1-5-27-17-9-10-19(22(12-17)26-4)20(25)11-7-16-6-8-18(28-14(2)23)13-21(16)29-15(3)24/h6-13,20,25H,5H2,1-4H3. The Balaban J connectivity index is 2.29. The van der Waals surface area contributed by atoms with Crippen LogP contribution in [0.15, 0.2) is 42.5 Å². The summed E-state index contributed by atoms with van der Waals surface area (Å²) in [7, 11) is 1.51. The molecule has 1 unspecified atom stereocenters. The molecule has 7 nitrogen and oxygen atoms in total. The lowest BCUT2D eigenvalue weighted by Crippen LogP contribution is -2.05. The van der Waals surface area contributed by atoms with Gasteiger partial charge in [-0.25, -0.2) is 0 Å². The van der Waals surface area contributed by atoms with Gasteiger partial charge in [-0.15, -0.1) is 0 Å². The summed E-state index contributed by atoms with van der Waals surface area (Å²) in [6.07, 6.45) is 2.17. The zero-order valence-corrected chi connectivity index (χ0v) is 16.8. The number of methoxy groups -OCH3 is 1. The van der Waals surface area contributed by atoms with Gasteiger partial charge in [0.25, 0.3) is 0 Å². The van der Waals surface area contributed by atoms with Gasteiger partial charge < -0.3 is 24.1 Å². The first-order chi connectivity index (χ1) is 13.8. The minimum absolute atomic E-state index is 0.207. The van der Waals surface area contributed by atoms with Crippen molar-refractivity contribution in [3.8, 4) is 23.0 Å². The molecule has 1 N–H and O–H groups in total. The van der Waals surface area contributed by atoms with Gasteiger partial charge in [0, 0.05) is 37.1 Å². The average molecular weight is 400 g/mol. The Labute approximate surface area is 169 Å². The molecule has 0 heterocycles. The molecule has 0 bridgehead atoms. The minimum Gasteiger partial charge on any atom is -0.496 e. The molecule has 0 aliphatic heterocycles. The Kier molecular flexibility index (Phi) is 7.79. The highest BCUT2D eigenvalue weighted by Gasteiger charge is 2.13. The van der Waals surface area contributed by atoms with Crippen molar-refractivity contribution in [1.82, 2.24) is 0 Å². The Morgan fingerprint density at radius 3 is 2.28 bits per heavy atom. The number of benzene rings is 2. The van der Waals surface area contributed by atoms with Crippen LogP contribution < -0.4 is 18.9 Å². The monoisotopic (exact) mass is 400 g/mol. The first-order valence-electron chi connectivity index (χ1n) is 9.02. The lowest BCUT2D eigenvalue weighted by molar-refractivity contribution is -0.132. The van der Waals surface area contributed by atoms with E-state index in [9.17, 15) is 14.7 Å². The van der Waals surface area contributed by atoms with E-state index in [0.717, 1.165) is 0 Å². The van der Waals surface area contributed by atoms with Crippen LogP contribution in [0.25, 0.3) is 6.08 Å². The number of carbonyl (C=O) groups is 2. The third-order valence-electron chi connectivity index (χ3n) is 3.79. The molecule has 154 valence electrons. The molecule has 2 rings (SSSR count). The molecule has 0 aliphatic rings. The Morgan fingerprint density at radius 2 is 1.66 bits per heavy atom. The summed E-state index contributed by atoms with van der Waals surface area (Å²) < 4.78 is 21.0. The van der Waals surface area contributed by atoms with E-state index in [-0.39, 0.29) is 11.5 Å². The predicted octanol–water partition coefficient (Wildman–Crippen LogP) is 3.69. The summed E-state index contributed by atoms with van der Waals surface area (Å²) in [4.78, 5) is 22.5. The number of aliphatic hydroxyl groups excluding tert-OH is 1. The molecule has 0 amide bonds. The van der Waals surface area contributed by atoms with Gasteiger partial charge in [0.15, 0.2) is 0 Å². The summed E-state index contributed by atoms with van der Waals surface area (Å²) in [5, 5.41) is 10.6. The highest BCUT2D eigenvalue weighted by Crippen LogP contribution is 2.32. The molecular formula is C22H24O7. The summed E-state index contributed by atoms with van der Waals surface area (Å²) in [6.45, 7) is 4.95. The van der Waals surface area contributed by atoms with Crippen LogP contribution in [0.1, 0.15) is 38.0 Å². The van der Waals surface area contributed by atoms with Gasteiger partial charge in [-0.1, -0.05) is 12.2 Å². The third kappa shape index (κ3) is 6.36. The fourth-order valence-electron chi connectivity index (χ4n) is 2.62. The molecule has 2 aromatic carbocycles. The Hall–Kier alpha value is -3.32. The number of hydrogen-bond acceptors (Lipinski definition) is 7. The van der Waals surface area contributed by atoms with Crippen molar-refractivity contribution >= 4 is 18.0 Å². The van der Waals surface area contributed by atoms with Gasteiger partial charge in [0.05, 0.1) is 13.7 Å². The summed E-state index contributed by atoms with van der Waals surface area (Å²) in [5.74, 6) is 0.576. The molecular weight excluding hydrogens is 376 g/mol. The number of carbonyl (C=O) groups excluding carboxylic acids is 2. The van der Waals surface area contributed by atoms with E-state index in [1.54, 1.807) is 36.4 Å². The second-order valence-corrected chi connectivity index (χ2v) is 6.03. The number of ether oxygens (including phenoxy) is 4. The van der Waals surface area contributed by atoms with Crippen LogP contribution in [-0.4, -0.2) is 30.8 Å². The molecule has 0 radical (unpaired) electrons. The maximum atomic E-state index is 11.4. The highest BCUT2D eigenvalue weighted by molar-refractivity contribution is 5.74. The summed E-state index contributed by atoms with van der Waals surface area (Å²) >= 11 is 0. The van der Waals surface area contributed by atoms with Crippen molar-refractivity contribution in [3.05, 3.63) is 53.6 Å². The van der Waals surface area contributed by atoms with Crippen molar-refractivity contribution in [2.24, 2.45) is 0 Å². The molecule has 2 aromatic rings. The molecule has 0 aromatic heterocycles. The van der Waals surface area contributed by atoms with Crippen molar-refractivity contribution in [1.29, 1.82) is 0 Å². The van der Waals surface area contributed by atoms with E-state index in [1.165, 1.54) is 33.1 Å². The lowest BCUT2D eigenvalue weighted by Gasteiger charge is -2.14. The second-order valence-electron chi connectivity index (χ2n) is 6.03. The zero-order valence-electron chi connectivity index (χ0n) is 16.8. The molecule has 0 saturated carbocycles. The van der Waals surface area contributed by atoms with Gasteiger partial charge >= 0.3 is 11.9 Å². The van der Waals surface area contributed by atoms with Gasteiger partial charge in [-0.05, 0) is 31.2 Å². The van der Waals surface area contributed by atoms with Crippen LogP contribution in [0.3, 0.4) is 0 Å². The SMILES string of the molecule is CCOc1ccc(C(O)C=Cc2ccc(OC(C)=O)cc2OC(C)=O)c(OC)c1. The smallest absolute Gasteiger partial charge is 0.308 e. The van der Waals surface area contributed by atoms with Crippen molar-refractivity contribution < 1.29 is 33.6 Å². The normalized spacial score (nSPS) is 11.8. The van der Waals surface area contributed by atoms with E-state index < -0.39 is 18.0 Å². The number of esters is 2. The third-order valence-corrected chi connectivity index (χ3v) is 3.79. The molecule has 1 atom stereocenters. The molecule has 0 spiro atoms. The second kappa shape index (κ2) is 10.3. The zero-order chi connectivity index (χ0) is 21.4. The van der Waals surface area contributed by atoms with Gasteiger partial charge in [-0.3, -0.25) is 9.59 Å². The molecule has 29 heavy (non-hydrogen) atoms. The first kappa shape index (κ1) is 22.0. The van der Waals surface area contributed by atoms with E-state index in [2.05, 4.69) is 0 Å².